The number of rotatable bonds is 6. The third-order valence-corrected chi connectivity index (χ3v) is 3.98. The third-order valence-electron chi connectivity index (χ3n) is 3.98. The second-order valence-electron chi connectivity index (χ2n) is 6.03. The third kappa shape index (κ3) is 3.57. The fourth-order valence-corrected chi connectivity index (χ4v) is 2.01. The van der Waals surface area contributed by atoms with Crippen molar-refractivity contribution in [3.05, 3.63) is 18.3 Å². The SMILES string of the molecule is CCOCCOc1ncccc1B1OC(C)(C)C(C)(C)O1. The molecule has 1 aromatic rings. The van der Waals surface area contributed by atoms with Gasteiger partial charge in [0.1, 0.15) is 6.61 Å². The van der Waals surface area contributed by atoms with E-state index < -0.39 is 7.12 Å². The number of aromatic nitrogens is 1. The number of hydrogen-bond acceptors (Lipinski definition) is 5. The van der Waals surface area contributed by atoms with Gasteiger partial charge in [-0.3, -0.25) is 0 Å². The lowest BCUT2D eigenvalue weighted by Gasteiger charge is -2.32. The molecule has 2 heterocycles. The molecule has 0 radical (unpaired) electrons. The summed E-state index contributed by atoms with van der Waals surface area (Å²) in [5, 5.41) is 0. The maximum absolute atomic E-state index is 6.04. The van der Waals surface area contributed by atoms with Gasteiger partial charge < -0.3 is 18.8 Å². The molecule has 1 aliphatic rings. The van der Waals surface area contributed by atoms with E-state index in [0.29, 0.717) is 25.7 Å². The van der Waals surface area contributed by atoms with Gasteiger partial charge in [-0.25, -0.2) is 4.98 Å². The molecule has 2 rings (SSSR count). The van der Waals surface area contributed by atoms with Crippen molar-refractivity contribution in [3.8, 4) is 5.88 Å². The van der Waals surface area contributed by atoms with E-state index in [-0.39, 0.29) is 11.2 Å². The Bertz CT molecular complexity index is 462. The average Bonchev–Trinajstić information content (AvgIpc) is 2.64. The molecule has 0 aliphatic carbocycles. The van der Waals surface area contributed by atoms with E-state index in [1.165, 1.54) is 0 Å². The van der Waals surface area contributed by atoms with Crippen LogP contribution in [-0.4, -0.2) is 43.1 Å². The Morgan fingerprint density at radius 2 is 1.81 bits per heavy atom. The molecule has 5 nitrogen and oxygen atoms in total. The molecule has 0 N–H and O–H groups in total. The molecule has 1 saturated heterocycles. The summed E-state index contributed by atoms with van der Waals surface area (Å²) >= 11 is 0. The zero-order valence-corrected chi connectivity index (χ0v) is 13.5. The highest BCUT2D eigenvalue weighted by Crippen LogP contribution is 2.36. The molecule has 116 valence electrons. The summed E-state index contributed by atoms with van der Waals surface area (Å²) < 4.78 is 23.1. The van der Waals surface area contributed by atoms with E-state index in [9.17, 15) is 0 Å². The lowest BCUT2D eigenvalue weighted by atomic mass is 9.80. The summed E-state index contributed by atoms with van der Waals surface area (Å²) in [6.45, 7) is 11.7. The molecule has 0 amide bonds. The van der Waals surface area contributed by atoms with Gasteiger partial charge in [0.25, 0.3) is 0 Å². The van der Waals surface area contributed by atoms with E-state index in [4.69, 9.17) is 18.8 Å². The first-order chi connectivity index (χ1) is 9.87. The molecule has 1 aliphatic heterocycles. The van der Waals surface area contributed by atoms with Crippen molar-refractivity contribution in [2.45, 2.75) is 45.8 Å². The fraction of sp³-hybridized carbons (Fsp3) is 0.667. The van der Waals surface area contributed by atoms with Crippen LogP contribution in [0.25, 0.3) is 0 Å². The Labute approximate surface area is 127 Å². The fourth-order valence-electron chi connectivity index (χ4n) is 2.01. The second kappa shape index (κ2) is 6.34. The summed E-state index contributed by atoms with van der Waals surface area (Å²) in [4.78, 5) is 4.28. The van der Waals surface area contributed by atoms with Crippen LogP contribution in [0.2, 0.25) is 0 Å². The van der Waals surface area contributed by atoms with Gasteiger partial charge in [0.15, 0.2) is 0 Å². The molecule has 0 unspecified atom stereocenters. The predicted molar refractivity (Wildman–Crippen MR) is 81.9 cm³/mol. The summed E-state index contributed by atoms with van der Waals surface area (Å²) in [5.74, 6) is 0.538. The van der Waals surface area contributed by atoms with Crippen molar-refractivity contribution in [2.24, 2.45) is 0 Å². The Morgan fingerprint density at radius 1 is 1.14 bits per heavy atom. The minimum atomic E-state index is -0.467. The first kappa shape index (κ1) is 16.3. The van der Waals surface area contributed by atoms with Crippen molar-refractivity contribution in [2.75, 3.05) is 19.8 Å². The maximum Gasteiger partial charge on any atom is 0.500 e. The second-order valence-corrected chi connectivity index (χ2v) is 6.03. The standard InChI is InChI=1S/C15H24BNO4/c1-6-18-10-11-19-13-12(8-7-9-17-13)16-20-14(2,3)15(4,5)21-16/h7-9H,6,10-11H2,1-5H3. The van der Waals surface area contributed by atoms with Crippen LogP contribution < -0.4 is 10.2 Å². The van der Waals surface area contributed by atoms with Gasteiger partial charge in [-0.05, 0) is 40.7 Å². The van der Waals surface area contributed by atoms with Crippen LogP contribution in [0.3, 0.4) is 0 Å². The Hall–Kier alpha value is -1.11. The van der Waals surface area contributed by atoms with E-state index in [1.807, 2.05) is 46.8 Å². The zero-order valence-electron chi connectivity index (χ0n) is 13.5. The molecular weight excluding hydrogens is 269 g/mol. The van der Waals surface area contributed by atoms with Crippen LogP contribution in [0, 0.1) is 0 Å². The molecule has 6 heteroatoms. The summed E-state index contributed by atoms with van der Waals surface area (Å²) in [6, 6.07) is 3.78. The van der Waals surface area contributed by atoms with Crippen LogP contribution in [0.5, 0.6) is 5.88 Å². The minimum absolute atomic E-state index is 0.379. The Morgan fingerprint density at radius 3 is 2.43 bits per heavy atom. The highest BCUT2D eigenvalue weighted by molar-refractivity contribution is 6.63. The van der Waals surface area contributed by atoms with Crippen molar-refractivity contribution in [1.82, 2.24) is 4.98 Å². The number of hydrogen-bond donors (Lipinski definition) is 0. The summed E-state index contributed by atoms with van der Waals surface area (Å²) in [5.41, 5.74) is 0.0549. The average molecular weight is 293 g/mol. The summed E-state index contributed by atoms with van der Waals surface area (Å²) in [6.07, 6.45) is 1.70. The van der Waals surface area contributed by atoms with Gasteiger partial charge in [0, 0.05) is 18.3 Å². The van der Waals surface area contributed by atoms with Crippen LogP contribution in [-0.2, 0) is 14.0 Å². The van der Waals surface area contributed by atoms with Gasteiger partial charge in [0.05, 0.1) is 17.8 Å². The van der Waals surface area contributed by atoms with E-state index in [1.54, 1.807) is 6.20 Å². The van der Waals surface area contributed by atoms with E-state index >= 15 is 0 Å². The van der Waals surface area contributed by atoms with Crippen molar-refractivity contribution < 1.29 is 18.8 Å². The highest BCUT2D eigenvalue weighted by atomic mass is 16.7. The van der Waals surface area contributed by atoms with Gasteiger partial charge >= 0.3 is 7.12 Å². The lowest BCUT2D eigenvalue weighted by Crippen LogP contribution is -2.41. The Kier molecular flexibility index (Phi) is 4.91. The van der Waals surface area contributed by atoms with Crippen LogP contribution >= 0.6 is 0 Å². The summed E-state index contributed by atoms with van der Waals surface area (Å²) in [7, 11) is -0.467. The van der Waals surface area contributed by atoms with Gasteiger partial charge in [-0.1, -0.05) is 6.07 Å². The largest absolute Gasteiger partial charge is 0.500 e. The van der Waals surface area contributed by atoms with Gasteiger partial charge in [-0.2, -0.15) is 0 Å². The molecule has 1 aromatic heterocycles. The molecule has 21 heavy (non-hydrogen) atoms. The molecule has 0 spiro atoms. The monoisotopic (exact) mass is 293 g/mol. The zero-order chi connectivity index (χ0) is 15.5. The first-order valence-corrected chi connectivity index (χ1v) is 7.38. The van der Waals surface area contributed by atoms with Crippen LogP contribution in [0.4, 0.5) is 0 Å². The number of nitrogens with zero attached hydrogens (tertiary/aromatic N) is 1. The highest BCUT2D eigenvalue weighted by Gasteiger charge is 2.52. The van der Waals surface area contributed by atoms with Crippen molar-refractivity contribution in [1.29, 1.82) is 0 Å². The molecule has 1 fully saturated rings. The van der Waals surface area contributed by atoms with E-state index in [0.717, 1.165) is 5.46 Å². The quantitative estimate of drug-likeness (QED) is 0.591. The topological polar surface area (TPSA) is 49.8 Å². The predicted octanol–water partition coefficient (Wildman–Crippen LogP) is 1.80. The van der Waals surface area contributed by atoms with Crippen LogP contribution in [0.1, 0.15) is 34.6 Å². The normalized spacial score (nSPS) is 19.8. The number of pyridine rings is 1. The molecule has 0 bridgehead atoms. The van der Waals surface area contributed by atoms with Crippen molar-refractivity contribution >= 4 is 12.6 Å². The maximum atomic E-state index is 6.04. The number of ether oxygens (including phenoxy) is 2. The molecular formula is C15H24BNO4. The molecule has 0 atom stereocenters. The van der Waals surface area contributed by atoms with Gasteiger partial charge in [0.2, 0.25) is 5.88 Å². The van der Waals surface area contributed by atoms with E-state index in [2.05, 4.69) is 4.98 Å². The molecule has 0 aromatic carbocycles. The Balaban J connectivity index is 2.10. The minimum Gasteiger partial charge on any atom is -0.475 e. The van der Waals surface area contributed by atoms with Crippen molar-refractivity contribution in [3.63, 3.8) is 0 Å². The smallest absolute Gasteiger partial charge is 0.475 e. The van der Waals surface area contributed by atoms with Crippen LogP contribution in [0.15, 0.2) is 18.3 Å². The van der Waals surface area contributed by atoms with Gasteiger partial charge in [-0.15, -0.1) is 0 Å². The first-order valence-electron chi connectivity index (χ1n) is 7.38. The molecule has 0 saturated carbocycles. The lowest BCUT2D eigenvalue weighted by molar-refractivity contribution is 0.00578.